The van der Waals surface area contributed by atoms with Crippen LogP contribution in [0.2, 0.25) is 0 Å². The zero-order valence-electron chi connectivity index (χ0n) is 12.7. The molecule has 1 aromatic heterocycles. The van der Waals surface area contributed by atoms with Crippen LogP contribution < -0.4 is 0 Å². The van der Waals surface area contributed by atoms with Crippen molar-refractivity contribution >= 4 is 12.2 Å². The van der Waals surface area contributed by atoms with Gasteiger partial charge in [-0.3, -0.25) is 4.98 Å². The molecule has 0 unspecified atom stereocenters. The second kappa shape index (κ2) is 6.71. The van der Waals surface area contributed by atoms with E-state index in [-0.39, 0.29) is 0 Å². The van der Waals surface area contributed by atoms with Crippen LogP contribution in [0, 0.1) is 0 Å². The van der Waals surface area contributed by atoms with Crippen molar-refractivity contribution < 1.29 is 13.2 Å². The first-order valence-electron chi connectivity index (χ1n) is 7.40. The molecular formula is C20H14F3N. The maximum absolute atomic E-state index is 13.0. The van der Waals surface area contributed by atoms with E-state index < -0.39 is 11.9 Å². The van der Waals surface area contributed by atoms with E-state index >= 15 is 0 Å². The molecule has 0 saturated carbocycles. The molecule has 0 aliphatic rings. The molecule has 2 aromatic carbocycles. The minimum atomic E-state index is -4.47. The number of halogens is 3. The molecule has 0 amide bonds. The Morgan fingerprint density at radius 2 is 1.42 bits per heavy atom. The first kappa shape index (κ1) is 16.0. The molecule has 1 nitrogen and oxygen atoms in total. The number of hydrogen-bond acceptors (Lipinski definition) is 1. The number of alkyl halides is 3. The van der Waals surface area contributed by atoms with Crippen molar-refractivity contribution in [3.8, 4) is 11.1 Å². The van der Waals surface area contributed by atoms with Gasteiger partial charge in [-0.25, -0.2) is 0 Å². The summed E-state index contributed by atoms with van der Waals surface area (Å²) in [5, 5.41) is 0. The summed E-state index contributed by atoms with van der Waals surface area (Å²) in [6.07, 6.45) is 0.442. The van der Waals surface area contributed by atoms with Gasteiger partial charge >= 0.3 is 6.18 Å². The summed E-state index contributed by atoms with van der Waals surface area (Å²) in [6.45, 7) is 0. The number of hydrogen-bond donors (Lipinski definition) is 0. The van der Waals surface area contributed by atoms with Gasteiger partial charge in [-0.2, -0.15) is 13.2 Å². The lowest BCUT2D eigenvalue weighted by atomic mass is 9.99. The Hall–Kier alpha value is -2.88. The van der Waals surface area contributed by atoms with Gasteiger partial charge in [-0.1, -0.05) is 72.8 Å². The van der Waals surface area contributed by atoms with Gasteiger partial charge in [-0.05, 0) is 22.8 Å². The average molecular weight is 325 g/mol. The summed E-state index contributed by atoms with van der Waals surface area (Å²) in [4.78, 5) is 3.57. The van der Waals surface area contributed by atoms with Gasteiger partial charge < -0.3 is 0 Å². The summed E-state index contributed by atoms with van der Waals surface area (Å²) < 4.78 is 39.0. The molecule has 0 bridgehead atoms. The summed E-state index contributed by atoms with van der Waals surface area (Å²) in [6, 6.07) is 19.7. The molecule has 0 saturated heterocycles. The highest BCUT2D eigenvalue weighted by Crippen LogP contribution is 2.33. The molecule has 1 heterocycles. The highest BCUT2D eigenvalue weighted by Gasteiger charge is 2.33. The lowest BCUT2D eigenvalue weighted by Gasteiger charge is -2.11. The highest BCUT2D eigenvalue weighted by molar-refractivity contribution is 5.80. The van der Waals surface area contributed by atoms with E-state index in [0.717, 1.165) is 17.2 Å². The van der Waals surface area contributed by atoms with Crippen molar-refractivity contribution in [2.45, 2.75) is 6.18 Å². The van der Waals surface area contributed by atoms with Gasteiger partial charge in [0.15, 0.2) is 0 Å². The molecule has 0 N–H and O–H groups in total. The SMILES string of the molecule is FC(F)(F)c1cc(-c2ccccc2)c(C=Cc2ccccc2)cn1. The van der Waals surface area contributed by atoms with Crippen LogP contribution in [0.3, 0.4) is 0 Å². The van der Waals surface area contributed by atoms with Gasteiger partial charge in [0.1, 0.15) is 5.69 Å². The molecule has 0 radical (unpaired) electrons. The van der Waals surface area contributed by atoms with Crippen molar-refractivity contribution in [3.63, 3.8) is 0 Å². The number of nitrogens with zero attached hydrogens (tertiary/aromatic N) is 1. The normalized spacial score (nSPS) is 11.8. The maximum atomic E-state index is 13.0. The fraction of sp³-hybridized carbons (Fsp3) is 0.0500. The molecule has 3 aromatic rings. The molecule has 120 valence electrons. The molecule has 0 spiro atoms. The van der Waals surface area contributed by atoms with Crippen LogP contribution in [0.25, 0.3) is 23.3 Å². The molecule has 0 fully saturated rings. The summed E-state index contributed by atoms with van der Waals surface area (Å²) in [7, 11) is 0. The number of pyridine rings is 1. The van der Waals surface area contributed by atoms with E-state index in [1.165, 1.54) is 6.20 Å². The van der Waals surface area contributed by atoms with Crippen LogP contribution in [0.5, 0.6) is 0 Å². The van der Waals surface area contributed by atoms with Crippen molar-refractivity contribution in [2.24, 2.45) is 0 Å². The van der Waals surface area contributed by atoms with E-state index in [0.29, 0.717) is 11.1 Å². The maximum Gasteiger partial charge on any atom is 0.433 e. The van der Waals surface area contributed by atoms with E-state index in [1.54, 1.807) is 30.3 Å². The lowest BCUT2D eigenvalue weighted by molar-refractivity contribution is -0.141. The third-order valence-corrected chi connectivity index (χ3v) is 3.56. The minimum absolute atomic E-state index is 0.505. The van der Waals surface area contributed by atoms with E-state index in [9.17, 15) is 13.2 Å². The van der Waals surface area contributed by atoms with Crippen LogP contribution in [-0.4, -0.2) is 4.98 Å². The third kappa shape index (κ3) is 3.71. The van der Waals surface area contributed by atoms with Crippen molar-refractivity contribution in [1.29, 1.82) is 0 Å². The van der Waals surface area contributed by atoms with Gasteiger partial charge in [-0.15, -0.1) is 0 Å². The van der Waals surface area contributed by atoms with Crippen LogP contribution >= 0.6 is 0 Å². The van der Waals surface area contributed by atoms with Gasteiger partial charge in [0.05, 0.1) is 0 Å². The Morgan fingerprint density at radius 3 is 2.04 bits per heavy atom. The summed E-state index contributed by atoms with van der Waals surface area (Å²) >= 11 is 0. The molecule has 0 atom stereocenters. The van der Waals surface area contributed by atoms with Gasteiger partial charge in [0, 0.05) is 11.8 Å². The second-order valence-electron chi connectivity index (χ2n) is 5.26. The fourth-order valence-corrected chi connectivity index (χ4v) is 2.37. The summed E-state index contributed by atoms with van der Waals surface area (Å²) in [5.41, 5.74) is 1.94. The standard InChI is InChI=1S/C20H14F3N/c21-20(22,23)19-13-18(16-9-5-2-6-10-16)17(14-24-19)12-11-15-7-3-1-4-8-15/h1-14H. The first-order chi connectivity index (χ1) is 11.5. The van der Waals surface area contributed by atoms with Crippen LogP contribution in [-0.2, 0) is 6.18 Å². The molecule has 3 rings (SSSR count). The third-order valence-electron chi connectivity index (χ3n) is 3.56. The van der Waals surface area contributed by atoms with Crippen molar-refractivity contribution in [1.82, 2.24) is 4.98 Å². The van der Waals surface area contributed by atoms with Crippen LogP contribution in [0.15, 0.2) is 72.9 Å². The van der Waals surface area contributed by atoms with Gasteiger partial charge in [0.25, 0.3) is 0 Å². The minimum Gasteiger partial charge on any atom is -0.251 e. The Kier molecular flexibility index (Phi) is 4.47. The second-order valence-corrected chi connectivity index (χ2v) is 5.26. The molecule has 0 aliphatic heterocycles. The van der Waals surface area contributed by atoms with Crippen molar-refractivity contribution in [2.75, 3.05) is 0 Å². The largest absolute Gasteiger partial charge is 0.433 e. The Labute approximate surface area is 138 Å². The van der Waals surface area contributed by atoms with E-state index in [2.05, 4.69) is 4.98 Å². The van der Waals surface area contributed by atoms with Crippen molar-refractivity contribution in [3.05, 3.63) is 89.7 Å². The molecular weight excluding hydrogens is 311 g/mol. The van der Waals surface area contributed by atoms with Crippen LogP contribution in [0.4, 0.5) is 13.2 Å². The number of aromatic nitrogens is 1. The summed E-state index contributed by atoms with van der Waals surface area (Å²) in [5.74, 6) is 0. The zero-order valence-corrected chi connectivity index (χ0v) is 12.7. The Bertz CT molecular complexity index is 838. The van der Waals surface area contributed by atoms with E-state index in [4.69, 9.17) is 0 Å². The molecule has 4 heteroatoms. The topological polar surface area (TPSA) is 12.9 Å². The predicted molar refractivity (Wildman–Crippen MR) is 90.0 cm³/mol. The fourth-order valence-electron chi connectivity index (χ4n) is 2.37. The Balaban J connectivity index is 2.07. The number of benzene rings is 2. The zero-order chi connectivity index (χ0) is 17.0. The van der Waals surface area contributed by atoms with Gasteiger partial charge in [0.2, 0.25) is 0 Å². The van der Waals surface area contributed by atoms with Crippen LogP contribution in [0.1, 0.15) is 16.8 Å². The quantitative estimate of drug-likeness (QED) is 0.581. The molecule has 24 heavy (non-hydrogen) atoms. The highest BCUT2D eigenvalue weighted by atomic mass is 19.4. The molecule has 0 aliphatic carbocycles. The van der Waals surface area contributed by atoms with E-state index in [1.807, 2.05) is 42.5 Å². The number of rotatable bonds is 3. The average Bonchev–Trinajstić information content (AvgIpc) is 2.61. The monoisotopic (exact) mass is 325 g/mol. The lowest BCUT2D eigenvalue weighted by Crippen LogP contribution is -2.08. The predicted octanol–water partition coefficient (Wildman–Crippen LogP) is 5.94. The first-order valence-corrected chi connectivity index (χ1v) is 7.40. The smallest absolute Gasteiger partial charge is 0.251 e. The Morgan fingerprint density at radius 1 is 0.792 bits per heavy atom.